The average Bonchev–Trinajstić information content (AvgIpc) is 2.29. The smallest absolute Gasteiger partial charge is 0.471 e. The molecule has 0 aliphatic rings. The van der Waals surface area contributed by atoms with E-state index < -0.39 is 12.1 Å². The van der Waals surface area contributed by atoms with E-state index in [9.17, 15) is 18.0 Å². The van der Waals surface area contributed by atoms with Gasteiger partial charge >= 0.3 is 12.1 Å². The molecule has 0 bridgehead atoms. The fourth-order valence-corrected chi connectivity index (χ4v) is 1.56. The molecule has 4 nitrogen and oxygen atoms in total. The summed E-state index contributed by atoms with van der Waals surface area (Å²) >= 11 is 3.03. The van der Waals surface area contributed by atoms with Crippen molar-refractivity contribution in [1.29, 1.82) is 0 Å². The van der Waals surface area contributed by atoms with Crippen LogP contribution in [0, 0.1) is 0 Å². The van der Waals surface area contributed by atoms with Crippen LogP contribution in [0.4, 0.5) is 18.9 Å². The van der Waals surface area contributed by atoms with Gasteiger partial charge in [0.25, 0.3) is 0 Å². The molecular formula is C10H9BrF3NO3. The van der Waals surface area contributed by atoms with Crippen LogP contribution in [0.15, 0.2) is 16.6 Å². The zero-order chi connectivity index (χ0) is 13.9. The molecule has 8 heteroatoms. The van der Waals surface area contributed by atoms with E-state index >= 15 is 0 Å². The Hall–Kier alpha value is -1.44. The first-order chi connectivity index (χ1) is 8.29. The van der Waals surface area contributed by atoms with Crippen molar-refractivity contribution >= 4 is 27.5 Å². The molecule has 0 spiro atoms. The Bertz CT molecular complexity index is 462. The third kappa shape index (κ3) is 3.28. The fraction of sp³-hybridized carbons (Fsp3) is 0.300. The number of ether oxygens (including phenoxy) is 2. The van der Waals surface area contributed by atoms with Crippen LogP contribution in [0.3, 0.4) is 0 Å². The Balaban J connectivity index is 3.07. The molecule has 0 radical (unpaired) electrons. The highest BCUT2D eigenvalue weighted by Gasteiger charge is 2.39. The van der Waals surface area contributed by atoms with E-state index in [-0.39, 0.29) is 15.9 Å². The molecule has 1 N–H and O–H groups in total. The van der Waals surface area contributed by atoms with Gasteiger partial charge in [0.05, 0.1) is 19.9 Å². The molecule has 0 heterocycles. The third-order valence-electron chi connectivity index (χ3n) is 1.98. The predicted molar refractivity (Wildman–Crippen MR) is 61.9 cm³/mol. The van der Waals surface area contributed by atoms with Gasteiger partial charge in [-0.05, 0) is 15.9 Å². The molecule has 0 atom stereocenters. The van der Waals surface area contributed by atoms with Gasteiger partial charge in [0.1, 0.15) is 0 Å². The van der Waals surface area contributed by atoms with Gasteiger partial charge < -0.3 is 14.8 Å². The molecule has 100 valence electrons. The third-order valence-corrected chi connectivity index (χ3v) is 2.63. The van der Waals surface area contributed by atoms with E-state index in [1.807, 2.05) is 0 Å². The standard InChI is InChI=1S/C10H9BrF3NO3/c1-17-7-3-5(11)6(4-8(7)18-2)15-9(16)10(12,13)14/h3-4H,1-2H3,(H,15,16). The summed E-state index contributed by atoms with van der Waals surface area (Å²) in [5, 5.41) is 1.73. The summed E-state index contributed by atoms with van der Waals surface area (Å²) in [4.78, 5) is 10.8. The lowest BCUT2D eigenvalue weighted by Crippen LogP contribution is -2.30. The molecule has 1 rings (SSSR count). The molecule has 1 aromatic carbocycles. The predicted octanol–water partition coefficient (Wildman–Crippen LogP) is 2.97. The summed E-state index contributed by atoms with van der Waals surface area (Å²) in [5.74, 6) is -1.53. The van der Waals surface area contributed by atoms with Crippen LogP contribution in [-0.4, -0.2) is 26.3 Å². The van der Waals surface area contributed by atoms with Crippen molar-refractivity contribution in [2.45, 2.75) is 6.18 Å². The number of nitrogens with one attached hydrogen (secondary N) is 1. The fourth-order valence-electron chi connectivity index (χ4n) is 1.14. The van der Waals surface area contributed by atoms with Crippen molar-refractivity contribution in [1.82, 2.24) is 0 Å². The van der Waals surface area contributed by atoms with Crippen LogP contribution >= 0.6 is 15.9 Å². The van der Waals surface area contributed by atoms with Gasteiger partial charge in [0.2, 0.25) is 0 Å². The lowest BCUT2D eigenvalue weighted by Gasteiger charge is -2.13. The van der Waals surface area contributed by atoms with Crippen molar-refractivity contribution < 1.29 is 27.4 Å². The molecule has 0 saturated heterocycles. The molecule has 0 unspecified atom stereocenters. The summed E-state index contributed by atoms with van der Waals surface area (Å²) in [7, 11) is 2.72. The van der Waals surface area contributed by atoms with Crippen molar-refractivity contribution in [3.05, 3.63) is 16.6 Å². The first-order valence-electron chi connectivity index (χ1n) is 4.59. The van der Waals surface area contributed by atoms with Gasteiger partial charge in [-0.2, -0.15) is 13.2 Å². The lowest BCUT2D eigenvalue weighted by molar-refractivity contribution is -0.167. The van der Waals surface area contributed by atoms with Crippen LogP contribution in [0.25, 0.3) is 0 Å². The number of benzene rings is 1. The van der Waals surface area contributed by atoms with Gasteiger partial charge in [-0.3, -0.25) is 4.79 Å². The number of halogens is 4. The van der Waals surface area contributed by atoms with Crippen LogP contribution in [0.1, 0.15) is 0 Å². The van der Waals surface area contributed by atoms with E-state index in [1.54, 1.807) is 5.32 Å². The minimum Gasteiger partial charge on any atom is -0.493 e. The molecule has 1 amide bonds. The minimum absolute atomic E-state index is 0.0602. The maximum atomic E-state index is 12.1. The van der Waals surface area contributed by atoms with Gasteiger partial charge in [-0.1, -0.05) is 0 Å². The largest absolute Gasteiger partial charge is 0.493 e. The number of hydrogen-bond acceptors (Lipinski definition) is 3. The second-order valence-corrected chi connectivity index (χ2v) is 3.99. The van der Waals surface area contributed by atoms with Crippen molar-refractivity contribution in [3.63, 3.8) is 0 Å². The topological polar surface area (TPSA) is 47.6 Å². The highest BCUT2D eigenvalue weighted by molar-refractivity contribution is 9.10. The summed E-state index contributed by atoms with van der Waals surface area (Å²) < 4.78 is 46.5. The SMILES string of the molecule is COc1cc(Br)c(NC(=O)C(F)(F)F)cc1OC. The number of amides is 1. The number of methoxy groups -OCH3 is 2. The summed E-state index contributed by atoms with van der Waals surface area (Å²) in [6.07, 6.45) is -4.95. The van der Waals surface area contributed by atoms with E-state index in [0.29, 0.717) is 5.75 Å². The van der Waals surface area contributed by atoms with Crippen molar-refractivity contribution in [2.24, 2.45) is 0 Å². The Morgan fingerprint density at radius 3 is 2.17 bits per heavy atom. The molecule has 18 heavy (non-hydrogen) atoms. The number of alkyl halides is 3. The quantitative estimate of drug-likeness (QED) is 0.928. The molecular weight excluding hydrogens is 319 g/mol. The van der Waals surface area contributed by atoms with E-state index in [1.165, 1.54) is 26.4 Å². The first-order valence-corrected chi connectivity index (χ1v) is 5.38. The zero-order valence-corrected chi connectivity index (χ0v) is 11.0. The van der Waals surface area contributed by atoms with Gasteiger partial charge in [-0.15, -0.1) is 0 Å². The Morgan fingerprint density at radius 1 is 1.22 bits per heavy atom. The Labute approximate surface area is 109 Å². The lowest BCUT2D eigenvalue weighted by atomic mass is 10.2. The number of hydrogen-bond donors (Lipinski definition) is 1. The maximum Gasteiger partial charge on any atom is 0.471 e. The highest BCUT2D eigenvalue weighted by Crippen LogP contribution is 2.36. The second-order valence-electron chi connectivity index (χ2n) is 3.14. The zero-order valence-electron chi connectivity index (χ0n) is 9.39. The normalized spacial score (nSPS) is 11.0. The Morgan fingerprint density at radius 2 is 1.72 bits per heavy atom. The molecule has 1 aromatic rings. The average molecular weight is 328 g/mol. The summed E-state index contributed by atoms with van der Waals surface area (Å²) in [6, 6.07) is 2.62. The molecule has 0 aromatic heterocycles. The van der Waals surface area contributed by atoms with Crippen molar-refractivity contribution in [2.75, 3.05) is 19.5 Å². The maximum absolute atomic E-state index is 12.1. The van der Waals surface area contributed by atoms with E-state index in [0.717, 1.165) is 0 Å². The molecule has 0 aliphatic heterocycles. The van der Waals surface area contributed by atoms with Crippen LogP contribution in [0.5, 0.6) is 11.5 Å². The number of anilines is 1. The monoisotopic (exact) mass is 327 g/mol. The summed E-state index contributed by atoms with van der Waals surface area (Å²) in [6.45, 7) is 0. The minimum atomic E-state index is -4.95. The van der Waals surface area contributed by atoms with E-state index in [4.69, 9.17) is 9.47 Å². The second kappa shape index (κ2) is 5.47. The van der Waals surface area contributed by atoms with Gasteiger partial charge in [0, 0.05) is 16.6 Å². The molecule has 0 aliphatic carbocycles. The highest BCUT2D eigenvalue weighted by atomic mass is 79.9. The Kier molecular flexibility index (Phi) is 4.44. The number of rotatable bonds is 3. The molecule has 0 saturated carbocycles. The molecule has 0 fully saturated rings. The summed E-state index contributed by atoms with van der Waals surface area (Å²) in [5.41, 5.74) is -0.0602. The van der Waals surface area contributed by atoms with Crippen LogP contribution in [-0.2, 0) is 4.79 Å². The van der Waals surface area contributed by atoms with Crippen LogP contribution < -0.4 is 14.8 Å². The van der Waals surface area contributed by atoms with E-state index in [2.05, 4.69) is 15.9 Å². The number of carbonyl (C=O) groups excluding carboxylic acids is 1. The van der Waals surface area contributed by atoms with Gasteiger partial charge in [-0.25, -0.2) is 0 Å². The van der Waals surface area contributed by atoms with Crippen LogP contribution in [0.2, 0.25) is 0 Å². The van der Waals surface area contributed by atoms with Gasteiger partial charge in [0.15, 0.2) is 11.5 Å². The number of carbonyl (C=O) groups is 1. The first kappa shape index (κ1) is 14.6. The van der Waals surface area contributed by atoms with Crippen molar-refractivity contribution in [3.8, 4) is 11.5 Å².